The van der Waals surface area contributed by atoms with Gasteiger partial charge in [0.1, 0.15) is 11.8 Å². The molecule has 0 aliphatic heterocycles. The van der Waals surface area contributed by atoms with Gasteiger partial charge in [-0.25, -0.2) is 15.0 Å². The van der Waals surface area contributed by atoms with Crippen molar-refractivity contribution in [3.8, 4) is 0 Å². The number of aromatic nitrogens is 4. The van der Waals surface area contributed by atoms with Crippen LogP contribution in [0.25, 0.3) is 11.2 Å². The molecule has 2 rings (SSSR count). The first kappa shape index (κ1) is 6.90. The third-order valence-electron chi connectivity index (χ3n) is 1.70. The molecule has 60 valence electrons. The zero-order chi connectivity index (χ0) is 8.55. The van der Waals surface area contributed by atoms with Gasteiger partial charge in [-0.1, -0.05) is 0 Å². The number of hydrogen-bond acceptors (Lipinski definition) is 4. The molecule has 0 saturated heterocycles. The van der Waals surface area contributed by atoms with Crippen molar-refractivity contribution in [2.75, 3.05) is 0 Å². The van der Waals surface area contributed by atoms with E-state index in [0.717, 1.165) is 5.52 Å². The van der Waals surface area contributed by atoms with Crippen LogP contribution in [0.4, 0.5) is 0 Å². The van der Waals surface area contributed by atoms with E-state index in [1.54, 1.807) is 17.8 Å². The summed E-state index contributed by atoms with van der Waals surface area (Å²) in [6, 6.07) is 0. The Balaban J connectivity index is 2.87. The number of aldehydes is 1. The van der Waals surface area contributed by atoms with Gasteiger partial charge in [-0.15, -0.1) is 0 Å². The second-order valence-electron chi connectivity index (χ2n) is 2.38. The van der Waals surface area contributed by atoms with Gasteiger partial charge in [-0.3, -0.25) is 4.79 Å². The third kappa shape index (κ3) is 0.795. The van der Waals surface area contributed by atoms with Crippen molar-refractivity contribution in [2.45, 2.75) is 0 Å². The average molecular weight is 162 g/mol. The molecule has 5 heteroatoms. The molecule has 5 nitrogen and oxygen atoms in total. The van der Waals surface area contributed by atoms with Crippen LogP contribution >= 0.6 is 0 Å². The predicted molar refractivity (Wildman–Crippen MR) is 41.7 cm³/mol. The fourth-order valence-electron chi connectivity index (χ4n) is 1.05. The molecule has 0 amide bonds. The lowest BCUT2D eigenvalue weighted by molar-refractivity contribution is 0.111. The molecule has 0 radical (unpaired) electrons. The molecule has 2 aromatic heterocycles. The molecule has 0 aliphatic carbocycles. The zero-order valence-corrected chi connectivity index (χ0v) is 6.43. The largest absolute Gasteiger partial charge is 0.322 e. The van der Waals surface area contributed by atoms with Crippen LogP contribution in [0.15, 0.2) is 12.5 Å². The summed E-state index contributed by atoms with van der Waals surface area (Å²) in [7, 11) is 1.75. The standard InChI is InChI=1S/C7H6N4O/c1-11-5-2-8-4-9-7(5)10-6(11)3-12/h2-4H,1H3. The van der Waals surface area contributed by atoms with Crippen LogP contribution in [0.2, 0.25) is 0 Å². The Morgan fingerprint density at radius 1 is 1.58 bits per heavy atom. The molecule has 2 aromatic rings. The van der Waals surface area contributed by atoms with Gasteiger partial charge in [0.25, 0.3) is 0 Å². The van der Waals surface area contributed by atoms with Crippen LogP contribution < -0.4 is 0 Å². The molecule has 0 saturated carbocycles. The highest BCUT2D eigenvalue weighted by molar-refractivity contribution is 5.79. The summed E-state index contributed by atoms with van der Waals surface area (Å²) < 4.78 is 1.66. The fraction of sp³-hybridized carbons (Fsp3) is 0.143. The minimum absolute atomic E-state index is 0.366. The summed E-state index contributed by atoms with van der Waals surface area (Å²) in [5.74, 6) is 0.366. The lowest BCUT2D eigenvalue weighted by Gasteiger charge is -1.91. The lowest BCUT2D eigenvalue weighted by Crippen LogP contribution is -1.94. The highest BCUT2D eigenvalue weighted by Crippen LogP contribution is 2.08. The van der Waals surface area contributed by atoms with E-state index in [1.807, 2.05) is 0 Å². The molecule has 0 atom stereocenters. The number of carbonyl (C=O) groups excluding carboxylic acids is 1. The minimum Gasteiger partial charge on any atom is -0.322 e. The molecular formula is C7H6N4O. The summed E-state index contributed by atoms with van der Waals surface area (Å²) in [5, 5.41) is 0. The molecular weight excluding hydrogens is 156 g/mol. The molecule has 0 unspecified atom stereocenters. The Morgan fingerprint density at radius 2 is 2.42 bits per heavy atom. The van der Waals surface area contributed by atoms with E-state index in [1.165, 1.54) is 6.33 Å². The fourth-order valence-corrected chi connectivity index (χ4v) is 1.05. The summed E-state index contributed by atoms with van der Waals surface area (Å²) >= 11 is 0. The van der Waals surface area contributed by atoms with Crippen LogP contribution in [-0.2, 0) is 7.05 Å². The highest BCUT2D eigenvalue weighted by atomic mass is 16.1. The van der Waals surface area contributed by atoms with Crippen molar-refractivity contribution < 1.29 is 4.79 Å². The molecule has 0 aromatic carbocycles. The van der Waals surface area contributed by atoms with Crippen LogP contribution in [0, 0.1) is 0 Å². The number of rotatable bonds is 1. The van der Waals surface area contributed by atoms with Crippen LogP contribution in [-0.4, -0.2) is 25.8 Å². The second-order valence-corrected chi connectivity index (χ2v) is 2.38. The van der Waals surface area contributed by atoms with E-state index >= 15 is 0 Å². The number of imidazole rings is 1. The van der Waals surface area contributed by atoms with Gasteiger partial charge in [-0.2, -0.15) is 0 Å². The Hall–Kier alpha value is -1.78. The van der Waals surface area contributed by atoms with Crippen molar-refractivity contribution in [1.29, 1.82) is 0 Å². The Bertz CT molecular complexity index is 434. The van der Waals surface area contributed by atoms with E-state index in [-0.39, 0.29) is 0 Å². The molecule has 0 fully saturated rings. The van der Waals surface area contributed by atoms with Gasteiger partial charge in [0.05, 0.1) is 6.20 Å². The summed E-state index contributed by atoms with van der Waals surface area (Å²) in [5.41, 5.74) is 1.31. The number of fused-ring (bicyclic) bond motifs is 1. The molecule has 0 aliphatic rings. The Morgan fingerprint density at radius 3 is 3.08 bits per heavy atom. The molecule has 12 heavy (non-hydrogen) atoms. The van der Waals surface area contributed by atoms with E-state index in [9.17, 15) is 4.79 Å². The normalized spacial score (nSPS) is 10.4. The van der Waals surface area contributed by atoms with Gasteiger partial charge in [0, 0.05) is 7.05 Å². The Kier molecular flexibility index (Phi) is 1.36. The van der Waals surface area contributed by atoms with Crippen molar-refractivity contribution in [2.24, 2.45) is 7.05 Å². The maximum absolute atomic E-state index is 10.5. The monoisotopic (exact) mass is 162 g/mol. The van der Waals surface area contributed by atoms with E-state index in [4.69, 9.17) is 0 Å². The summed E-state index contributed by atoms with van der Waals surface area (Å²) in [4.78, 5) is 22.2. The zero-order valence-electron chi connectivity index (χ0n) is 6.43. The number of nitrogens with zero attached hydrogens (tertiary/aromatic N) is 4. The first-order valence-electron chi connectivity index (χ1n) is 3.40. The smallest absolute Gasteiger partial charge is 0.185 e. The predicted octanol–water partition coefficient (Wildman–Crippen LogP) is 0.176. The third-order valence-corrected chi connectivity index (χ3v) is 1.70. The van der Waals surface area contributed by atoms with E-state index in [0.29, 0.717) is 17.8 Å². The quantitative estimate of drug-likeness (QED) is 0.561. The van der Waals surface area contributed by atoms with Crippen molar-refractivity contribution in [3.05, 3.63) is 18.3 Å². The average Bonchev–Trinajstić information content (AvgIpc) is 2.44. The summed E-state index contributed by atoms with van der Waals surface area (Å²) in [6.45, 7) is 0. The lowest BCUT2D eigenvalue weighted by atomic mass is 10.5. The van der Waals surface area contributed by atoms with Crippen LogP contribution in [0.1, 0.15) is 10.6 Å². The van der Waals surface area contributed by atoms with Crippen LogP contribution in [0.5, 0.6) is 0 Å². The maximum Gasteiger partial charge on any atom is 0.185 e. The van der Waals surface area contributed by atoms with Gasteiger partial charge in [0.15, 0.2) is 17.8 Å². The van der Waals surface area contributed by atoms with Gasteiger partial charge >= 0.3 is 0 Å². The van der Waals surface area contributed by atoms with Crippen molar-refractivity contribution in [1.82, 2.24) is 19.5 Å². The van der Waals surface area contributed by atoms with Gasteiger partial charge < -0.3 is 4.57 Å². The van der Waals surface area contributed by atoms with Crippen LogP contribution in [0.3, 0.4) is 0 Å². The minimum atomic E-state index is 0.366. The number of hydrogen-bond donors (Lipinski definition) is 0. The second kappa shape index (κ2) is 2.37. The molecule has 2 heterocycles. The topological polar surface area (TPSA) is 60.7 Å². The van der Waals surface area contributed by atoms with Crippen molar-refractivity contribution >= 4 is 17.5 Å². The highest BCUT2D eigenvalue weighted by Gasteiger charge is 2.05. The number of carbonyl (C=O) groups is 1. The first-order valence-corrected chi connectivity index (χ1v) is 3.40. The number of aryl methyl sites for hydroxylation is 1. The SMILES string of the molecule is Cn1c(C=O)nc2ncncc21. The first-order chi connectivity index (χ1) is 5.83. The summed E-state index contributed by atoms with van der Waals surface area (Å²) in [6.07, 6.45) is 3.73. The Labute approximate surface area is 68.1 Å². The maximum atomic E-state index is 10.5. The van der Waals surface area contributed by atoms with Gasteiger partial charge in [-0.05, 0) is 0 Å². The van der Waals surface area contributed by atoms with Gasteiger partial charge in [0.2, 0.25) is 0 Å². The molecule has 0 spiro atoms. The molecule has 0 bridgehead atoms. The van der Waals surface area contributed by atoms with Crippen molar-refractivity contribution in [3.63, 3.8) is 0 Å². The van der Waals surface area contributed by atoms with E-state index < -0.39 is 0 Å². The van der Waals surface area contributed by atoms with E-state index in [2.05, 4.69) is 15.0 Å². The molecule has 0 N–H and O–H groups in total.